The number of rotatable bonds is 6. The normalized spacial score (nSPS) is 14.9. The van der Waals surface area contributed by atoms with E-state index in [-0.39, 0.29) is 10.8 Å². The smallest absolute Gasteiger partial charge is 0.240 e. The lowest BCUT2D eigenvalue weighted by molar-refractivity contribution is -0.118. The fourth-order valence-electron chi connectivity index (χ4n) is 3.36. The SMILES string of the molecule is CNS(=O)(=O)c1ccc(-c2cccc(NC(=O)C3(c4ccc(Cl)cc4)CC3)n2)cc1. The van der Waals surface area contributed by atoms with Crippen LogP contribution in [0.4, 0.5) is 5.82 Å². The van der Waals surface area contributed by atoms with Crippen molar-refractivity contribution in [3.05, 3.63) is 77.3 Å². The Labute approximate surface area is 180 Å². The number of hydrogen-bond donors (Lipinski definition) is 2. The molecular formula is C22H20ClN3O3S. The molecular weight excluding hydrogens is 422 g/mol. The molecule has 8 heteroatoms. The molecule has 0 aliphatic heterocycles. The Morgan fingerprint density at radius 3 is 2.27 bits per heavy atom. The van der Waals surface area contributed by atoms with Crippen LogP contribution < -0.4 is 10.0 Å². The van der Waals surface area contributed by atoms with Crippen LogP contribution in [0.25, 0.3) is 11.3 Å². The van der Waals surface area contributed by atoms with Gasteiger partial charge in [-0.05, 0) is 61.9 Å². The lowest BCUT2D eigenvalue weighted by atomic mass is 9.95. The molecule has 0 radical (unpaired) electrons. The fourth-order valence-corrected chi connectivity index (χ4v) is 4.22. The van der Waals surface area contributed by atoms with E-state index in [0.29, 0.717) is 16.5 Å². The monoisotopic (exact) mass is 441 g/mol. The molecule has 6 nitrogen and oxygen atoms in total. The van der Waals surface area contributed by atoms with Crippen LogP contribution >= 0.6 is 11.6 Å². The number of anilines is 1. The first-order valence-corrected chi connectivity index (χ1v) is 11.3. The Morgan fingerprint density at radius 2 is 1.67 bits per heavy atom. The van der Waals surface area contributed by atoms with Gasteiger partial charge in [0.1, 0.15) is 5.82 Å². The van der Waals surface area contributed by atoms with E-state index in [2.05, 4.69) is 15.0 Å². The molecule has 2 aromatic carbocycles. The average Bonchev–Trinajstić information content (AvgIpc) is 3.57. The maximum atomic E-state index is 13.0. The number of amides is 1. The second kappa shape index (κ2) is 7.83. The molecule has 1 amide bonds. The van der Waals surface area contributed by atoms with E-state index in [1.807, 2.05) is 18.2 Å². The summed E-state index contributed by atoms with van der Waals surface area (Å²) in [6.45, 7) is 0. The van der Waals surface area contributed by atoms with E-state index < -0.39 is 15.4 Å². The number of hydrogen-bond acceptors (Lipinski definition) is 4. The number of carbonyl (C=O) groups excluding carboxylic acids is 1. The number of aromatic nitrogens is 1. The van der Waals surface area contributed by atoms with Crippen LogP contribution in [-0.4, -0.2) is 26.4 Å². The van der Waals surface area contributed by atoms with Gasteiger partial charge in [-0.25, -0.2) is 18.1 Å². The molecule has 1 aliphatic carbocycles. The highest BCUT2D eigenvalue weighted by Crippen LogP contribution is 2.49. The van der Waals surface area contributed by atoms with Crippen molar-refractivity contribution in [2.75, 3.05) is 12.4 Å². The minimum absolute atomic E-state index is 0.0927. The molecule has 0 saturated heterocycles. The maximum absolute atomic E-state index is 13.0. The number of halogens is 1. The molecule has 1 saturated carbocycles. The van der Waals surface area contributed by atoms with E-state index in [1.165, 1.54) is 19.2 Å². The topological polar surface area (TPSA) is 88.2 Å². The van der Waals surface area contributed by atoms with Gasteiger partial charge in [-0.1, -0.05) is 41.9 Å². The van der Waals surface area contributed by atoms with Gasteiger partial charge in [0.25, 0.3) is 0 Å². The first-order chi connectivity index (χ1) is 14.3. The molecule has 154 valence electrons. The summed E-state index contributed by atoms with van der Waals surface area (Å²) in [5.74, 6) is 0.356. The van der Waals surface area contributed by atoms with Gasteiger partial charge < -0.3 is 5.32 Å². The Bertz CT molecular complexity index is 1190. The van der Waals surface area contributed by atoms with Gasteiger partial charge in [0.05, 0.1) is 16.0 Å². The summed E-state index contributed by atoms with van der Waals surface area (Å²) in [4.78, 5) is 17.7. The van der Waals surface area contributed by atoms with Gasteiger partial charge in [0, 0.05) is 10.6 Å². The summed E-state index contributed by atoms with van der Waals surface area (Å²) in [7, 11) is -2.13. The number of nitrogens with zero attached hydrogens (tertiary/aromatic N) is 1. The Kier molecular flexibility index (Phi) is 5.36. The van der Waals surface area contributed by atoms with Gasteiger partial charge in [-0.3, -0.25) is 4.79 Å². The van der Waals surface area contributed by atoms with Crippen molar-refractivity contribution in [2.24, 2.45) is 0 Å². The van der Waals surface area contributed by atoms with Gasteiger partial charge in [0.2, 0.25) is 15.9 Å². The third-order valence-corrected chi connectivity index (χ3v) is 6.98. The third-order valence-electron chi connectivity index (χ3n) is 5.30. The van der Waals surface area contributed by atoms with E-state index in [1.54, 1.807) is 36.4 Å². The van der Waals surface area contributed by atoms with Crippen molar-refractivity contribution >= 4 is 33.3 Å². The minimum atomic E-state index is -3.50. The molecule has 1 fully saturated rings. The second-order valence-electron chi connectivity index (χ2n) is 7.18. The van der Waals surface area contributed by atoms with E-state index in [4.69, 9.17) is 11.6 Å². The summed E-state index contributed by atoms with van der Waals surface area (Å²) in [5.41, 5.74) is 1.80. The molecule has 0 atom stereocenters. The standard InChI is InChI=1S/C22H20ClN3O3S/c1-24-30(28,29)18-11-5-15(6-12-18)19-3-2-4-20(25-19)26-21(27)22(13-14-22)16-7-9-17(23)10-8-16/h2-12,24H,13-14H2,1H3,(H,25,26,27). The van der Waals surface area contributed by atoms with E-state index >= 15 is 0 Å². The molecule has 0 bridgehead atoms. The number of carbonyl (C=O) groups is 1. The van der Waals surface area contributed by atoms with Crippen molar-refractivity contribution in [1.29, 1.82) is 0 Å². The quantitative estimate of drug-likeness (QED) is 0.605. The second-order valence-corrected chi connectivity index (χ2v) is 9.51. The van der Waals surface area contributed by atoms with Crippen LogP contribution in [-0.2, 0) is 20.2 Å². The lowest BCUT2D eigenvalue weighted by Crippen LogP contribution is -2.28. The zero-order valence-electron chi connectivity index (χ0n) is 16.2. The number of sulfonamides is 1. The van der Waals surface area contributed by atoms with Crippen molar-refractivity contribution in [1.82, 2.24) is 9.71 Å². The van der Waals surface area contributed by atoms with Crippen molar-refractivity contribution in [3.63, 3.8) is 0 Å². The zero-order valence-corrected chi connectivity index (χ0v) is 17.8. The molecule has 0 unspecified atom stereocenters. The Balaban J connectivity index is 1.54. The first kappa shape index (κ1) is 20.5. The van der Waals surface area contributed by atoms with Crippen LogP contribution in [0.3, 0.4) is 0 Å². The third kappa shape index (κ3) is 3.96. The van der Waals surface area contributed by atoms with Crippen molar-refractivity contribution in [3.8, 4) is 11.3 Å². The molecule has 2 N–H and O–H groups in total. The molecule has 1 aliphatic rings. The Morgan fingerprint density at radius 1 is 1.00 bits per heavy atom. The number of nitrogens with one attached hydrogen (secondary N) is 2. The maximum Gasteiger partial charge on any atom is 0.240 e. The predicted molar refractivity (Wildman–Crippen MR) is 117 cm³/mol. The molecule has 4 rings (SSSR count). The summed E-state index contributed by atoms with van der Waals surface area (Å²) in [5, 5.41) is 3.56. The molecule has 1 heterocycles. The lowest BCUT2D eigenvalue weighted by Gasteiger charge is -2.16. The molecule has 1 aromatic heterocycles. The highest BCUT2D eigenvalue weighted by atomic mass is 35.5. The zero-order chi connectivity index (χ0) is 21.4. The van der Waals surface area contributed by atoms with Gasteiger partial charge in [-0.2, -0.15) is 0 Å². The predicted octanol–water partition coefficient (Wildman–Crippen LogP) is 3.98. The van der Waals surface area contributed by atoms with E-state index in [9.17, 15) is 13.2 Å². The highest BCUT2D eigenvalue weighted by molar-refractivity contribution is 7.89. The van der Waals surface area contributed by atoms with Crippen LogP contribution in [0.1, 0.15) is 18.4 Å². The van der Waals surface area contributed by atoms with Crippen LogP contribution in [0.5, 0.6) is 0 Å². The summed E-state index contributed by atoms with van der Waals surface area (Å²) in [6.07, 6.45) is 1.56. The fraction of sp³-hybridized carbons (Fsp3) is 0.182. The molecule has 0 spiro atoms. The van der Waals surface area contributed by atoms with Crippen molar-refractivity contribution < 1.29 is 13.2 Å². The van der Waals surface area contributed by atoms with Crippen LogP contribution in [0.15, 0.2) is 71.6 Å². The molecule has 3 aromatic rings. The van der Waals surface area contributed by atoms with E-state index in [0.717, 1.165) is 24.0 Å². The van der Waals surface area contributed by atoms with Crippen LogP contribution in [0.2, 0.25) is 5.02 Å². The number of benzene rings is 2. The average molecular weight is 442 g/mol. The molecule has 30 heavy (non-hydrogen) atoms. The van der Waals surface area contributed by atoms with Gasteiger partial charge in [0.15, 0.2) is 0 Å². The van der Waals surface area contributed by atoms with Crippen LogP contribution in [0, 0.1) is 0 Å². The van der Waals surface area contributed by atoms with Crippen molar-refractivity contribution in [2.45, 2.75) is 23.2 Å². The Hall–Kier alpha value is -2.74. The summed E-state index contributed by atoms with van der Waals surface area (Å²) >= 11 is 5.96. The summed E-state index contributed by atoms with van der Waals surface area (Å²) < 4.78 is 26.0. The largest absolute Gasteiger partial charge is 0.310 e. The van der Waals surface area contributed by atoms with Gasteiger partial charge in [-0.15, -0.1) is 0 Å². The minimum Gasteiger partial charge on any atom is -0.310 e. The first-order valence-electron chi connectivity index (χ1n) is 9.43. The van der Waals surface area contributed by atoms with Gasteiger partial charge >= 0.3 is 0 Å². The highest BCUT2D eigenvalue weighted by Gasteiger charge is 2.51. The summed E-state index contributed by atoms with van der Waals surface area (Å²) in [6, 6.07) is 19.1. The number of pyridine rings is 1.